The van der Waals surface area contributed by atoms with Crippen LogP contribution in [-0.2, 0) is 0 Å². The SMILES string of the molecule is c1ccc(-c2cccc(-c3nc(-c4ccccc4)nc(-c4ccc5ccc(-n6c7ccccc7c7c8c9ccccc9n(-c9ccccc9)c8ccc76)cc5c4)n3)c2)cc1.c1ccc(-c2nc(-c3ccc4cc(-n5c6ccccc6c6c7c8ccccc8n(-c8ccccc8)c7ccc65)ccc4c3)cc(-c3ccccc3-c3ccccc3)n2)cc1. The van der Waals surface area contributed by atoms with Crippen molar-refractivity contribution in [2.75, 3.05) is 0 Å². The van der Waals surface area contributed by atoms with E-state index in [1.807, 2.05) is 42.5 Å². The summed E-state index contributed by atoms with van der Waals surface area (Å²) >= 11 is 0. The van der Waals surface area contributed by atoms with Gasteiger partial charge in [-0.3, -0.25) is 0 Å². The minimum atomic E-state index is 0.630. The molecule has 0 aliphatic carbocycles. The molecule has 0 aliphatic rings. The number of rotatable bonds is 12. The standard InChI is InChI=1S/C56H36N4.C55H35N5/c1-4-16-37(17-5-1)44-22-10-11-23-45(44)49-36-48(57-56(58-49)38-18-6-2-7-19-38)41-29-28-40-35-43(31-30-39(40)34-41)60-51-27-15-13-25-47(51)55-53(60)33-32-52-54(55)46-24-12-14-26-50(46)59(52)42-20-8-3-9-21-42;1-4-15-36(16-5-1)39-19-14-20-40(33-39)54-56-53(38-17-6-2-7-18-38)57-55(58-54)41-28-27-37-29-30-44(35-42(37)34-41)60-48-26-13-11-24-46(48)52-50(60)32-31-49-51(52)45-23-10-12-25-47(45)59(49)43-21-8-3-9-22-43/h1-36H;1-35H. The van der Waals surface area contributed by atoms with Gasteiger partial charge in [-0.25, -0.2) is 24.9 Å². The largest absolute Gasteiger partial charge is 0.309 e. The number of nitrogens with zero attached hydrogens (tertiary/aromatic N) is 9. The van der Waals surface area contributed by atoms with E-state index in [1.54, 1.807) is 0 Å². The van der Waals surface area contributed by atoms with Crippen LogP contribution in [0.25, 0.3) is 222 Å². The summed E-state index contributed by atoms with van der Waals surface area (Å²) in [4.78, 5) is 25.6. The molecule has 0 aliphatic heterocycles. The second-order valence-corrected chi connectivity index (χ2v) is 30.6. The molecule has 9 nitrogen and oxygen atoms in total. The van der Waals surface area contributed by atoms with E-state index in [9.17, 15) is 0 Å². The first-order chi connectivity index (χ1) is 59.5. The fraction of sp³-hybridized carbons (Fsp3) is 0. The van der Waals surface area contributed by atoms with Crippen molar-refractivity contribution in [3.8, 4) is 113 Å². The maximum Gasteiger partial charge on any atom is 0.164 e. The predicted octanol–water partition coefficient (Wildman–Crippen LogP) is 28.4. The van der Waals surface area contributed by atoms with Crippen LogP contribution in [0.1, 0.15) is 0 Å². The van der Waals surface area contributed by atoms with Crippen LogP contribution in [0, 0.1) is 0 Å². The number of hydrogen-bond acceptors (Lipinski definition) is 5. The predicted molar refractivity (Wildman–Crippen MR) is 498 cm³/mol. The Kier molecular flexibility index (Phi) is 16.7. The molecule has 0 N–H and O–H groups in total. The van der Waals surface area contributed by atoms with Crippen LogP contribution in [0.4, 0.5) is 0 Å². The highest BCUT2D eigenvalue weighted by atomic mass is 15.0. The summed E-state index contributed by atoms with van der Waals surface area (Å²) < 4.78 is 9.64. The Balaban J connectivity index is 0.000000140. The first-order valence-electron chi connectivity index (χ1n) is 40.7. The Bertz CT molecular complexity index is 8130. The van der Waals surface area contributed by atoms with Gasteiger partial charge in [0.2, 0.25) is 0 Å². The maximum atomic E-state index is 5.19. The molecule has 6 heterocycles. The molecule has 0 atom stereocenters. The topological polar surface area (TPSA) is 84.2 Å². The molecule has 560 valence electrons. The van der Waals surface area contributed by atoms with E-state index in [0.717, 1.165) is 111 Å². The van der Waals surface area contributed by atoms with E-state index >= 15 is 0 Å². The zero-order valence-corrected chi connectivity index (χ0v) is 65.0. The van der Waals surface area contributed by atoms with Gasteiger partial charge < -0.3 is 18.3 Å². The first kappa shape index (κ1) is 69.3. The molecular weight excluding hydrogens is 1460 g/mol. The Morgan fingerprint density at radius 1 is 0.150 bits per heavy atom. The third-order valence-corrected chi connectivity index (χ3v) is 23.6. The first-order valence-corrected chi connectivity index (χ1v) is 40.7. The second-order valence-electron chi connectivity index (χ2n) is 30.6. The highest BCUT2D eigenvalue weighted by Crippen LogP contribution is 2.46. The molecule has 120 heavy (non-hydrogen) atoms. The fourth-order valence-electron chi connectivity index (χ4n) is 18.2. The molecule has 9 heteroatoms. The van der Waals surface area contributed by atoms with Crippen molar-refractivity contribution in [3.05, 3.63) is 431 Å². The highest BCUT2D eigenvalue weighted by molar-refractivity contribution is 6.30. The minimum absolute atomic E-state index is 0.630. The van der Waals surface area contributed by atoms with Crippen molar-refractivity contribution in [2.45, 2.75) is 0 Å². The molecule has 0 unspecified atom stereocenters. The number of para-hydroxylation sites is 6. The van der Waals surface area contributed by atoms with Crippen LogP contribution in [0.5, 0.6) is 0 Å². The average Bonchev–Trinajstić information content (AvgIpc) is 1.55. The molecule has 24 rings (SSSR count). The summed E-state index contributed by atoms with van der Waals surface area (Å²) in [5, 5.41) is 14.6. The van der Waals surface area contributed by atoms with Crippen LogP contribution < -0.4 is 0 Å². The molecule has 0 bridgehead atoms. The Hall–Kier alpha value is -16.2. The molecule has 0 spiro atoms. The number of benzene rings is 18. The molecule has 24 aromatic rings. The van der Waals surface area contributed by atoms with Crippen LogP contribution >= 0.6 is 0 Å². The Morgan fingerprint density at radius 3 is 0.975 bits per heavy atom. The van der Waals surface area contributed by atoms with Crippen LogP contribution in [-0.4, -0.2) is 43.2 Å². The third-order valence-electron chi connectivity index (χ3n) is 23.6. The number of fused-ring (bicyclic) bond motifs is 16. The molecule has 0 saturated carbocycles. The normalized spacial score (nSPS) is 11.7. The molecule has 0 amide bonds. The lowest BCUT2D eigenvalue weighted by Crippen LogP contribution is -2.00. The van der Waals surface area contributed by atoms with Crippen molar-refractivity contribution in [1.82, 2.24) is 43.2 Å². The van der Waals surface area contributed by atoms with Crippen LogP contribution in [0.15, 0.2) is 431 Å². The Morgan fingerprint density at radius 2 is 0.475 bits per heavy atom. The zero-order valence-electron chi connectivity index (χ0n) is 65.0. The number of hydrogen-bond donors (Lipinski definition) is 0. The molecule has 6 aromatic heterocycles. The molecule has 0 radical (unpaired) electrons. The van der Waals surface area contributed by atoms with E-state index < -0.39 is 0 Å². The Labute approximate surface area is 691 Å². The van der Waals surface area contributed by atoms with Crippen LogP contribution in [0.2, 0.25) is 0 Å². The van der Waals surface area contributed by atoms with Gasteiger partial charge in [0.1, 0.15) is 0 Å². The van der Waals surface area contributed by atoms with E-state index in [0.29, 0.717) is 23.3 Å². The van der Waals surface area contributed by atoms with Gasteiger partial charge in [0.15, 0.2) is 23.3 Å². The summed E-state index contributed by atoms with van der Waals surface area (Å²) in [5.74, 6) is 2.61. The summed E-state index contributed by atoms with van der Waals surface area (Å²) in [7, 11) is 0. The van der Waals surface area contributed by atoms with Gasteiger partial charge in [0.05, 0.1) is 55.5 Å². The van der Waals surface area contributed by atoms with Crippen molar-refractivity contribution in [2.24, 2.45) is 0 Å². The fourth-order valence-corrected chi connectivity index (χ4v) is 18.2. The number of aromatic nitrogens is 9. The van der Waals surface area contributed by atoms with Crippen molar-refractivity contribution >= 4 is 109 Å². The molecule has 0 saturated heterocycles. The minimum Gasteiger partial charge on any atom is -0.309 e. The van der Waals surface area contributed by atoms with Gasteiger partial charge in [-0.2, -0.15) is 0 Å². The van der Waals surface area contributed by atoms with Gasteiger partial charge >= 0.3 is 0 Å². The van der Waals surface area contributed by atoms with E-state index in [2.05, 4.69) is 407 Å². The van der Waals surface area contributed by atoms with Gasteiger partial charge in [-0.15, -0.1) is 0 Å². The lowest BCUT2D eigenvalue weighted by Gasteiger charge is -2.14. The lowest BCUT2D eigenvalue weighted by molar-refractivity contribution is 1.07. The lowest BCUT2D eigenvalue weighted by atomic mass is 9.96. The second kappa shape index (κ2) is 28.9. The summed E-state index contributed by atoms with van der Waals surface area (Å²) in [6.45, 7) is 0. The quantitative estimate of drug-likeness (QED) is 0.122. The van der Waals surface area contributed by atoms with E-state index in [-0.39, 0.29) is 0 Å². The van der Waals surface area contributed by atoms with Gasteiger partial charge in [0.25, 0.3) is 0 Å². The van der Waals surface area contributed by atoms with Gasteiger partial charge in [-0.05, 0) is 165 Å². The van der Waals surface area contributed by atoms with Crippen molar-refractivity contribution < 1.29 is 0 Å². The summed E-state index contributed by atoms with van der Waals surface area (Å²) in [6, 6.07) is 153. The summed E-state index contributed by atoms with van der Waals surface area (Å²) in [6.07, 6.45) is 0. The highest BCUT2D eigenvalue weighted by Gasteiger charge is 2.25. The summed E-state index contributed by atoms with van der Waals surface area (Å²) in [5.41, 5.74) is 26.3. The van der Waals surface area contributed by atoms with E-state index in [4.69, 9.17) is 24.9 Å². The third kappa shape index (κ3) is 11.9. The van der Waals surface area contributed by atoms with Gasteiger partial charge in [-0.1, -0.05) is 309 Å². The molecular formula is C111H71N9. The molecule has 0 fully saturated rings. The monoisotopic (exact) mass is 1530 g/mol. The van der Waals surface area contributed by atoms with Gasteiger partial charge in [0, 0.05) is 99.2 Å². The zero-order chi connectivity index (χ0) is 79.1. The maximum absolute atomic E-state index is 5.19. The van der Waals surface area contributed by atoms with Crippen molar-refractivity contribution in [1.29, 1.82) is 0 Å². The average molecular weight is 1530 g/mol. The van der Waals surface area contributed by atoms with Crippen LogP contribution in [0.3, 0.4) is 0 Å². The smallest absolute Gasteiger partial charge is 0.164 e. The van der Waals surface area contributed by atoms with E-state index in [1.165, 1.54) is 87.2 Å². The van der Waals surface area contributed by atoms with Crippen molar-refractivity contribution in [3.63, 3.8) is 0 Å². The molecule has 18 aromatic carbocycles.